The third kappa shape index (κ3) is 3.95. The van der Waals surface area contributed by atoms with Gasteiger partial charge in [0, 0.05) is 19.0 Å². The lowest BCUT2D eigenvalue weighted by Crippen LogP contribution is -2.27. The van der Waals surface area contributed by atoms with E-state index < -0.39 is 0 Å². The maximum atomic E-state index is 6.36. The first kappa shape index (κ1) is 16.2. The van der Waals surface area contributed by atoms with Crippen LogP contribution in [0.1, 0.15) is 36.4 Å². The average molecular weight is 350 g/mol. The molecule has 2 rings (SSSR count). The van der Waals surface area contributed by atoms with Crippen LogP contribution in [0.25, 0.3) is 0 Å². The van der Waals surface area contributed by atoms with E-state index in [0.29, 0.717) is 0 Å². The summed E-state index contributed by atoms with van der Waals surface area (Å²) in [6, 6.07) is 8.72. The maximum Gasteiger partial charge on any atom is 0.0766 e. The molecule has 114 valence electrons. The van der Waals surface area contributed by atoms with Crippen LogP contribution in [0.5, 0.6) is 0 Å². The summed E-state index contributed by atoms with van der Waals surface area (Å²) in [5.74, 6) is 0. The zero-order valence-corrected chi connectivity index (χ0v) is 14.7. The van der Waals surface area contributed by atoms with Gasteiger partial charge < -0.3 is 5.73 Å². The zero-order valence-electron chi connectivity index (χ0n) is 13.1. The van der Waals surface area contributed by atoms with E-state index in [9.17, 15) is 0 Å². The number of aromatic nitrogens is 2. The van der Waals surface area contributed by atoms with Gasteiger partial charge in [-0.05, 0) is 48.2 Å². The summed E-state index contributed by atoms with van der Waals surface area (Å²) in [6.45, 7) is 7.23. The second kappa shape index (κ2) is 7.23. The SMILES string of the molecule is CCc1nn(CC)c(CC(N)Cc2ccc(C)cc2)c1Br. The first-order chi connectivity index (χ1) is 10.0. The molecular formula is C17H24BrN3. The molecular weight excluding hydrogens is 326 g/mol. The molecule has 1 atom stereocenters. The van der Waals surface area contributed by atoms with Gasteiger partial charge in [0.25, 0.3) is 0 Å². The summed E-state index contributed by atoms with van der Waals surface area (Å²) in [6.07, 6.45) is 2.67. The van der Waals surface area contributed by atoms with Crippen molar-refractivity contribution in [2.75, 3.05) is 0 Å². The van der Waals surface area contributed by atoms with E-state index in [-0.39, 0.29) is 6.04 Å². The number of nitrogens with zero attached hydrogens (tertiary/aromatic N) is 2. The summed E-state index contributed by atoms with van der Waals surface area (Å²) in [7, 11) is 0. The molecule has 21 heavy (non-hydrogen) atoms. The normalized spacial score (nSPS) is 12.6. The maximum absolute atomic E-state index is 6.36. The van der Waals surface area contributed by atoms with Gasteiger partial charge in [-0.3, -0.25) is 4.68 Å². The van der Waals surface area contributed by atoms with E-state index in [1.807, 2.05) is 0 Å². The quantitative estimate of drug-likeness (QED) is 0.864. The zero-order chi connectivity index (χ0) is 15.4. The monoisotopic (exact) mass is 349 g/mol. The summed E-state index contributed by atoms with van der Waals surface area (Å²) in [5, 5.41) is 4.63. The predicted octanol–water partition coefficient (Wildman–Crippen LogP) is 3.65. The minimum atomic E-state index is 0.107. The highest BCUT2D eigenvalue weighted by Gasteiger charge is 2.16. The van der Waals surface area contributed by atoms with Crippen LogP contribution in [-0.4, -0.2) is 15.8 Å². The van der Waals surface area contributed by atoms with Gasteiger partial charge in [0.15, 0.2) is 0 Å². The molecule has 0 amide bonds. The molecule has 0 saturated carbocycles. The predicted molar refractivity (Wildman–Crippen MR) is 91.5 cm³/mol. The summed E-state index contributed by atoms with van der Waals surface area (Å²) >= 11 is 3.69. The van der Waals surface area contributed by atoms with Gasteiger partial charge in [0.05, 0.1) is 15.9 Å². The Morgan fingerprint density at radius 3 is 2.43 bits per heavy atom. The lowest BCUT2D eigenvalue weighted by atomic mass is 10.0. The van der Waals surface area contributed by atoms with Crippen molar-refractivity contribution in [1.82, 2.24) is 9.78 Å². The van der Waals surface area contributed by atoms with Crippen LogP contribution >= 0.6 is 15.9 Å². The van der Waals surface area contributed by atoms with Crippen molar-refractivity contribution in [2.45, 2.75) is 52.6 Å². The highest BCUT2D eigenvalue weighted by atomic mass is 79.9. The van der Waals surface area contributed by atoms with E-state index in [2.05, 4.69) is 70.7 Å². The molecule has 0 fully saturated rings. The summed E-state index contributed by atoms with van der Waals surface area (Å²) in [5.41, 5.74) is 11.3. The van der Waals surface area contributed by atoms with Crippen LogP contribution in [-0.2, 0) is 25.8 Å². The number of benzene rings is 1. The number of hydrogen-bond donors (Lipinski definition) is 1. The Hall–Kier alpha value is -1.13. The smallest absolute Gasteiger partial charge is 0.0766 e. The van der Waals surface area contributed by atoms with Crippen LogP contribution in [0, 0.1) is 6.92 Å². The standard InChI is InChI=1S/C17H24BrN3/c1-4-15-17(18)16(21(5-2)20-15)11-14(19)10-13-8-6-12(3)7-9-13/h6-9,14H,4-5,10-11,19H2,1-3H3. The molecule has 0 saturated heterocycles. The Kier molecular flexibility index (Phi) is 5.59. The van der Waals surface area contributed by atoms with Gasteiger partial charge >= 0.3 is 0 Å². The molecule has 2 N–H and O–H groups in total. The molecule has 0 aliphatic heterocycles. The molecule has 3 nitrogen and oxygen atoms in total. The Morgan fingerprint density at radius 1 is 1.19 bits per heavy atom. The lowest BCUT2D eigenvalue weighted by molar-refractivity contribution is 0.572. The Balaban J connectivity index is 2.10. The topological polar surface area (TPSA) is 43.8 Å². The van der Waals surface area contributed by atoms with Gasteiger partial charge in [-0.25, -0.2) is 0 Å². The molecule has 4 heteroatoms. The molecule has 0 aliphatic carbocycles. The van der Waals surface area contributed by atoms with Gasteiger partial charge in [-0.2, -0.15) is 5.10 Å². The molecule has 1 aromatic carbocycles. The molecule has 0 spiro atoms. The number of aryl methyl sites for hydroxylation is 3. The van der Waals surface area contributed by atoms with Crippen LogP contribution in [0.15, 0.2) is 28.7 Å². The number of hydrogen-bond acceptors (Lipinski definition) is 2. The molecule has 0 aliphatic rings. The number of halogens is 1. The molecule has 2 aromatic rings. The average Bonchev–Trinajstić information content (AvgIpc) is 2.77. The van der Waals surface area contributed by atoms with Gasteiger partial charge in [-0.15, -0.1) is 0 Å². The molecule has 1 aromatic heterocycles. The van der Waals surface area contributed by atoms with Crippen molar-refractivity contribution < 1.29 is 0 Å². The van der Waals surface area contributed by atoms with Gasteiger partial charge in [0.2, 0.25) is 0 Å². The lowest BCUT2D eigenvalue weighted by Gasteiger charge is -2.13. The first-order valence-electron chi connectivity index (χ1n) is 7.60. The Labute approximate surface area is 135 Å². The Morgan fingerprint density at radius 2 is 1.86 bits per heavy atom. The molecule has 1 unspecified atom stereocenters. The molecule has 0 radical (unpaired) electrons. The minimum Gasteiger partial charge on any atom is -0.327 e. The van der Waals surface area contributed by atoms with Crippen molar-refractivity contribution >= 4 is 15.9 Å². The second-order valence-electron chi connectivity index (χ2n) is 5.53. The van der Waals surface area contributed by atoms with E-state index in [4.69, 9.17) is 5.73 Å². The number of nitrogens with two attached hydrogens (primary N) is 1. The van der Waals surface area contributed by atoms with Crippen molar-refractivity contribution in [3.05, 3.63) is 51.3 Å². The molecule has 1 heterocycles. The van der Waals surface area contributed by atoms with Crippen LogP contribution in [0.3, 0.4) is 0 Å². The van der Waals surface area contributed by atoms with Crippen LogP contribution in [0.2, 0.25) is 0 Å². The Bertz CT molecular complexity index is 587. The van der Waals surface area contributed by atoms with Crippen molar-refractivity contribution in [3.63, 3.8) is 0 Å². The van der Waals surface area contributed by atoms with Crippen molar-refractivity contribution in [3.8, 4) is 0 Å². The summed E-state index contributed by atoms with van der Waals surface area (Å²) < 4.78 is 3.20. The first-order valence-corrected chi connectivity index (χ1v) is 8.39. The van der Waals surface area contributed by atoms with Crippen molar-refractivity contribution in [2.24, 2.45) is 5.73 Å². The van der Waals surface area contributed by atoms with Gasteiger partial charge in [0.1, 0.15) is 0 Å². The minimum absolute atomic E-state index is 0.107. The van der Waals surface area contributed by atoms with E-state index >= 15 is 0 Å². The van der Waals surface area contributed by atoms with Crippen LogP contribution < -0.4 is 5.73 Å². The van der Waals surface area contributed by atoms with Crippen LogP contribution in [0.4, 0.5) is 0 Å². The van der Waals surface area contributed by atoms with Crippen molar-refractivity contribution in [1.29, 1.82) is 0 Å². The highest BCUT2D eigenvalue weighted by Crippen LogP contribution is 2.24. The fraction of sp³-hybridized carbons (Fsp3) is 0.471. The fourth-order valence-electron chi connectivity index (χ4n) is 2.56. The number of rotatable bonds is 6. The van der Waals surface area contributed by atoms with Gasteiger partial charge in [-0.1, -0.05) is 36.8 Å². The largest absolute Gasteiger partial charge is 0.327 e. The third-order valence-corrected chi connectivity index (χ3v) is 4.68. The highest BCUT2D eigenvalue weighted by molar-refractivity contribution is 9.10. The summed E-state index contributed by atoms with van der Waals surface area (Å²) in [4.78, 5) is 0. The molecule has 0 bridgehead atoms. The second-order valence-corrected chi connectivity index (χ2v) is 6.32. The van der Waals surface area contributed by atoms with E-state index in [0.717, 1.165) is 36.0 Å². The third-order valence-electron chi connectivity index (χ3n) is 3.77. The fourth-order valence-corrected chi connectivity index (χ4v) is 3.29. The van der Waals surface area contributed by atoms with E-state index in [1.54, 1.807) is 0 Å². The van der Waals surface area contributed by atoms with E-state index in [1.165, 1.54) is 16.8 Å².